The van der Waals surface area contributed by atoms with Crippen LogP contribution in [-0.4, -0.2) is 44.3 Å². The van der Waals surface area contributed by atoms with Gasteiger partial charge in [0.1, 0.15) is 0 Å². The lowest BCUT2D eigenvalue weighted by Gasteiger charge is -2.15. The number of benzene rings is 2. The molecular formula is C24H26N4OS. The SMILES string of the molecule is O=C(CSc1nnc(CN2CCCC2)n1-c1ccccc1)c1ccc2c(c1)CCC2. The topological polar surface area (TPSA) is 51.0 Å². The highest BCUT2D eigenvalue weighted by atomic mass is 32.2. The Morgan fingerprint density at radius 1 is 0.933 bits per heavy atom. The lowest BCUT2D eigenvalue weighted by atomic mass is 10.0. The number of nitrogens with zero attached hydrogens (tertiary/aromatic N) is 4. The van der Waals surface area contributed by atoms with Gasteiger partial charge in [-0.3, -0.25) is 14.3 Å². The van der Waals surface area contributed by atoms with E-state index in [0.717, 1.165) is 54.7 Å². The summed E-state index contributed by atoms with van der Waals surface area (Å²) in [6.07, 6.45) is 5.92. The molecule has 0 spiro atoms. The molecule has 0 radical (unpaired) electrons. The fourth-order valence-corrected chi connectivity index (χ4v) is 5.30. The van der Waals surface area contributed by atoms with Gasteiger partial charge in [0.05, 0.1) is 12.3 Å². The van der Waals surface area contributed by atoms with Crippen LogP contribution in [0.5, 0.6) is 0 Å². The van der Waals surface area contributed by atoms with Crippen LogP contribution in [-0.2, 0) is 19.4 Å². The van der Waals surface area contributed by atoms with Gasteiger partial charge in [0.15, 0.2) is 16.8 Å². The summed E-state index contributed by atoms with van der Waals surface area (Å²) >= 11 is 1.48. The van der Waals surface area contributed by atoms with Gasteiger partial charge < -0.3 is 0 Å². The number of hydrogen-bond acceptors (Lipinski definition) is 5. The fraction of sp³-hybridized carbons (Fsp3) is 0.375. The predicted molar refractivity (Wildman–Crippen MR) is 119 cm³/mol. The summed E-state index contributed by atoms with van der Waals surface area (Å²) in [7, 11) is 0. The number of carbonyl (C=O) groups is 1. The summed E-state index contributed by atoms with van der Waals surface area (Å²) in [6, 6.07) is 16.4. The summed E-state index contributed by atoms with van der Waals surface area (Å²) < 4.78 is 2.11. The highest BCUT2D eigenvalue weighted by Gasteiger charge is 2.21. The van der Waals surface area contributed by atoms with Gasteiger partial charge >= 0.3 is 0 Å². The summed E-state index contributed by atoms with van der Waals surface area (Å²) in [5, 5.41) is 9.73. The maximum absolute atomic E-state index is 12.9. The highest BCUT2D eigenvalue weighted by molar-refractivity contribution is 7.99. The van der Waals surface area contributed by atoms with E-state index in [1.54, 1.807) is 0 Å². The van der Waals surface area contributed by atoms with Crippen LogP contribution in [0.1, 0.15) is 46.6 Å². The van der Waals surface area contributed by atoms with Gasteiger partial charge in [0.2, 0.25) is 0 Å². The molecule has 154 valence electrons. The zero-order valence-corrected chi connectivity index (χ0v) is 17.9. The molecule has 30 heavy (non-hydrogen) atoms. The first-order valence-electron chi connectivity index (χ1n) is 10.8. The van der Waals surface area contributed by atoms with Crippen LogP contribution in [0.15, 0.2) is 53.7 Å². The van der Waals surface area contributed by atoms with Gasteiger partial charge in [-0.1, -0.05) is 42.1 Å². The number of fused-ring (bicyclic) bond motifs is 1. The van der Waals surface area contributed by atoms with Crippen LogP contribution in [0.25, 0.3) is 5.69 Å². The number of para-hydroxylation sites is 1. The Balaban J connectivity index is 1.36. The van der Waals surface area contributed by atoms with Crippen molar-refractivity contribution in [2.45, 2.75) is 43.8 Å². The van der Waals surface area contributed by atoms with Crippen molar-refractivity contribution in [3.8, 4) is 5.69 Å². The molecule has 5 nitrogen and oxygen atoms in total. The minimum absolute atomic E-state index is 0.151. The third-order valence-electron chi connectivity index (χ3n) is 6.03. The van der Waals surface area contributed by atoms with E-state index in [2.05, 4.69) is 43.9 Å². The monoisotopic (exact) mass is 418 g/mol. The molecule has 1 aliphatic carbocycles. The van der Waals surface area contributed by atoms with Gasteiger partial charge in [-0.2, -0.15) is 0 Å². The molecule has 0 unspecified atom stereocenters. The Morgan fingerprint density at radius 2 is 1.73 bits per heavy atom. The molecule has 1 aromatic heterocycles. The predicted octanol–water partition coefficient (Wildman–Crippen LogP) is 4.33. The van der Waals surface area contributed by atoms with Crippen LogP contribution in [0.2, 0.25) is 0 Å². The number of likely N-dealkylation sites (tertiary alicyclic amines) is 1. The molecule has 0 saturated carbocycles. The third kappa shape index (κ3) is 4.07. The molecule has 0 N–H and O–H groups in total. The Morgan fingerprint density at radius 3 is 2.57 bits per heavy atom. The fourth-order valence-electron chi connectivity index (χ4n) is 4.43. The van der Waals surface area contributed by atoms with Crippen molar-refractivity contribution in [1.29, 1.82) is 0 Å². The zero-order chi connectivity index (χ0) is 20.3. The van der Waals surface area contributed by atoms with Crippen molar-refractivity contribution >= 4 is 17.5 Å². The Kier molecular flexibility index (Phi) is 5.69. The average molecular weight is 419 g/mol. The summed E-state index contributed by atoms with van der Waals surface area (Å²) in [4.78, 5) is 15.3. The molecule has 1 fully saturated rings. The number of hydrogen-bond donors (Lipinski definition) is 0. The van der Waals surface area contributed by atoms with E-state index >= 15 is 0 Å². The molecule has 2 aliphatic rings. The van der Waals surface area contributed by atoms with Crippen molar-refractivity contribution in [2.24, 2.45) is 0 Å². The summed E-state index contributed by atoms with van der Waals surface area (Å²) in [6.45, 7) is 3.02. The van der Waals surface area contributed by atoms with Crippen LogP contribution in [0.3, 0.4) is 0 Å². The average Bonchev–Trinajstić information content (AvgIpc) is 3.53. The Labute approximate surface area is 181 Å². The van der Waals surface area contributed by atoms with Crippen LogP contribution >= 0.6 is 11.8 Å². The summed E-state index contributed by atoms with van der Waals surface area (Å²) in [5.74, 6) is 1.46. The Hall–Kier alpha value is -2.44. The van der Waals surface area contributed by atoms with Crippen molar-refractivity contribution < 1.29 is 4.79 Å². The van der Waals surface area contributed by atoms with Crippen LogP contribution in [0, 0.1) is 0 Å². The normalized spacial score (nSPS) is 16.1. The minimum atomic E-state index is 0.151. The molecule has 5 rings (SSSR count). The second-order valence-electron chi connectivity index (χ2n) is 8.10. The van der Waals surface area contributed by atoms with Crippen molar-refractivity contribution in [3.05, 3.63) is 71.0 Å². The molecule has 0 atom stereocenters. The van der Waals surface area contributed by atoms with Gasteiger partial charge in [-0.05, 0) is 74.5 Å². The minimum Gasteiger partial charge on any atom is -0.296 e. The second kappa shape index (κ2) is 8.74. The van der Waals surface area contributed by atoms with Crippen molar-refractivity contribution in [1.82, 2.24) is 19.7 Å². The van der Waals surface area contributed by atoms with Crippen LogP contribution < -0.4 is 0 Å². The van der Waals surface area contributed by atoms with Crippen molar-refractivity contribution in [2.75, 3.05) is 18.8 Å². The molecule has 6 heteroatoms. The quantitative estimate of drug-likeness (QED) is 0.422. The van der Waals surface area contributed by atoms with Gasteiger partial charge in [-0.25, -0.2) is 0 Å². The van der Waals surface area contributed by atoms with E-state index in [4.69, 9.17) is 0 Å². The molecule has 2 heterocycles. The number of ketones is 1. The smallest absolute Gasteiger partial charge is 0.196 e. The van der Waals surface area contributed by atoms with Crippen molar-refractivity contribution in [3.63, 3.8) is 0 Å². The van der Waals surface area contributed by atoms with E-state index in [-0.39, 0.29) is 5.78 Å². The first-order valence-corrected chi connectivity index (χ1v) is 11.8. The van der Waals surface area contributed by atoms with Gasteiger partial charge in [0.25, 0.3) is 0 Å². The van der Waals surface area contributed by atoms with E-state index < -0.39 is 0 Å². The molecule has 0 bridgehead atoms. The summed E-state index contributed by atoms with van der Waals surface area (Å²) in [5.41, 5.74) is 4.59. The van der Waals surface area contributed by atoms with E-state index in [0.29, 0.717) is 5.75 Å². The number of aryl methyl sites for hydroxylation is 2. The highest BCUT2D eigenvalue weighted by Crippen LogP contribution is 2.26. The second-order valence-corrected chi connectivity index (χ2v) is 9.04. The lowest BCUT2D eigenvalue weighted by molar-refractivity contribution is 0.102. The maximum atomic E-state index is 12.9. The maximum Gasteiger partial charge on any atom is 0.196 e. The number of aromatic nitrogens is 3. The molecule has 1 saturated heterocycles. The molecule has 0 amide bonds. The molecule has 2 aromatic carbocycles. The van der Waals surface area contributed by atoms with Crippen LogP contribution in [0.4, 0.5) is 0 Å². The molecular weight excluding hydrogens is 392 g/mol. The number of carbonyl (C=O) groups excluding carboxylic acids is 1. The largest absolute Gasteiger partial charge is 0.296 e. The van der Waals surface area contributed by atoms with E-state index in [1.165, 1.54) is 42.2 Å². The zero-order valence-electron chi connectivity index (χ0n) is 17.1. The number of Topliss-reactive ketones (excluding diaryl/α,β-unsaturated/α-hetero) is 1. The lowest BCUT2D eigenvalue weighted by Crippen LogP contribution is -2.21. The van der Waals surface area contributed by atoms with E-state index in [1.807, 2.05) is 24.3 Å². The van der Waals surface area contributed by atoms with E-state index in [9.17, 15) is 4.79 Å². The first kappa shape index (κ1) is 19.5. The first-order chi connectivity index (χ1) is 14.8. The number of rotatable bonds is 7. The van der Waals surface area contributed by atoms with Gasteiger partial charge in [0, 0.05) is 11.3 Å². The molecule has 1 aliphatic heterocycles. The van der Waals surface area contributed by atoms with Gasteiger partial charge in [-0.15, -0.1) is 10.2 Å². The Bertz CT molecular complexity index is 1040. The standard InChI is InChI=1S/C24H26N4OS/c29-22(20-12-11-18-7-6-8-19(18)15-20)17-30-24-26-25-23(16-27-13-4-5-14-27)28(24)21-9-2-1-3-10-21/h1-3,9-12,15H,4-8,13-14,16-17H2. The number of thioether (sulfide) groups is 1. The third-order valence-corrected chi connectivity index (χ3v) is 6.96. The molecule has 3 aromatic rings.